The third kappa shape index (κ3) is 3.15. The predicted octanol–water partition coefficient (Wildman–Crippen LogP) is 1.11. The lowest BCUT2D eigenvalue weighted by atomic mass is 9.97. The SMILES string of the molecule is CN1CCCN(C)C(C(NN)c2c(F)cccc2F)C1. The summed E-state index contributed by atoms with van der Waals surface area (Å²) in [6.07, 6.45) is 1.03. The number of nitrogens with zero attached hydrogens (tertiary/aromatic N) is 2. The molecule has 1 aromatic carbocycles. The average Bonchev–Trinajstić information content (AvgIpc) is 2.56. The molecule has 0 spiro atoms. The summed E-state index contributed by atoms with van der Waals surface area (Å²) in [7, 11) is 3.98. The number of hydrogen-bond acceptors (Lipinski definition) is 4. The number of likely N-dealkylation sites (N-methyl/N-ethyl adjacent to an activating group) is 2. The molecule has 4 nitrogen and oxygen atoms in total. The van der Waals surface area contributed by atoms with Gasteiger partial charge in [0, 0.05) is 18.2 Å². The summed E-state index contributed by atoms with van der Waals surface area (Å²) >= 11 is 0. The number of hydrazine groups is 1. The summed E-state index contributed by atoms with van der Waals surface area (Å²) < 4.78 is 28.0. The van der Waals surface area contributed by atoms with Gasteiger partial charge in [-0.25, -0.2) is 8.78 Å². The van der Waals surface area contributed by atoms with Crippen LogP contribution in [0.3, 0.4) is 0 Å². The second-order valence-corrected chi connectivity index (χ2v) is 5.44. The Morgan fingerprint density at radius 3 is 2.50 bits per heavy atom. The molecule has 2 atom stereocenters. The van der Waals surface area contributed by atoms with Crippen molar-refractivity contribution in [2.45, 2.75) is 18.5 Å². The lowest BCUT2D eigenvalue weighted by molar-refractivity contribution is 0.174. The Labute approximate surface area is 118 Å². The minimum absolute atomic E-state index is 0.0159. The second-order valence-electron chi connectivity index (χ2n) is 5.44. The summed E-state index contributed by atoms with van der Waals surface area (Å²) in [6, 6.07) is 3.23. The fourth-order valence-corrected chi connectivity index (χ4v) is 2.86. The van der Waals surface area contributed by atoms with Crippen molar-refractivity contribution < 1.29 is 8.78 Å². The second kappa shape index (κ2) is 6.58. The van der Waals surface area contributed by atoms with Gasteiger partial charge in [0.1, 0.15) is 11.6 Å². The Hall–Kier alpha value is -1.08. The van der Waals surface area contributed by atoms with Gasteiger partial charge in [0.2, 0.25) is 0 Å². The first-order valence-corrected chi connectivity index (χ1v) is 6.83. The van der Waals surface area contributed by atoms with Gasteiger partial charge in [-0.2, -0.15) is 0 Å². The van der Waals surface area contributed by atoms with Gasteiger partial charge in [-0.3, -0.25) is 11.3 Å². The fraction of sp³-hybridized carbons (Fsp3) is 0.571. The van der Waals surface area contributed by atoms with Crippen LogP contribution >= 0.6 is 0 Å². The van der Waals surface area contributed by atoms with Crippen molar-refractivity contribution in [2.24, 2.45) is 5.84 Å². The van der Waals surface area contributed by atoms with Crippen LogP contribution in [0.4, 0.5) is 8.78 Å². The van der Waals surface area contributed by atoms with Crippen LogP contribution in [0.1, 0.15) is 18.0 Å². The first-order chi connectivity index (χ1) is 9.54. The number of nitrogens with one attached hydrogen (secondary N) is 1. The van der Waals surface area contributed by atoms with Crippen molar-refractivity contribution in [1.82, 2.24) is 15.2 Å². The van der Waals surface area contributed by atoms with Crippen LogP contribution in [-0.4, -0.2) is 49.6 Å². The van der Waals surface area contributed by atoms with E-state index < -0.39 is 17.7 Å². The highest BCUT2D eigenvalue weighted by Gasteiger charge is 2.32. The number of rotatable bonds is 3. The van der Waals surface area contributed by atoms with E-state index in [0.717, 1.165) is 19.5 Å². The predicted molar refractivity (Wildman–Crippen MR) is 75.0 cm³/mol. The molecule has 2 unspecified atom stereocenters. The molecule has 6 heteroatoms. The molecule has 0 radical (unpaired) electrons. The molecule has 0 aromatic heterocycles. The van der Waals surface area contributed by atoms with Gasteiger partial charge in [0.05, 0.1) is 6.04 Å². The maximum atomic E-state index is 14.0. The normalized spacial score (nSPS) is 23.6. The highest BCUT2D eigenvalue weighted by molar-refractivity contribution is 5.25. The van der Waals surface area contributed by atoms with Gasteiger partial charge < -0.3 is 9.80 Å². The van der Waals surface area contributed by atoms with E-state index in [4.69, 9.17) is 5.84 Å². The third-order valence-electron chi connectivity index (χ3n) is 3.99. The third-order valence-corrected chi connectivity index (χ3v) is 3.99. The van der Waals surface area contributed by atoms with E-state index in [9.17, 15) is 8.78 Å². The van der Waals surface area contributed by atoms with Crippen LogP contribution in [0.5, 0.6) is 0 Å². The van der Waals surface area contributed by atoms with Crippen molar-refractivity contribution in [3.8, 4) is 0 Å². The van der Waals surface area contributed by atoms with Crippen LogP contribution in [0.15, 0.2) is 18.2 Å². The molecule has 20 heavy (non-hydrogen) atoms. The van der Waals surface area contributed by atoms with Crippen molar-refractivity contribution in [2.75, 3.05) is 33.7 Å². The molecule has 1 aliphatic rings. The largest absolute Gasteiger partial charge is 0.305 e. The van der Waals surface area contributed by atoms with Gasteiger partial charge in [-0.1, -0.05) is 6.07 Å². The van der Waals surface area contributed by atoms with Crippen LogP contribution in [-0.2, 0) is 0 Å². The summed E-state index contributed by atoms with van der Waals surface area (Å²) in [6.45, 7) is 2.56. The first-order valence-electron chi connectivity index (χ1n) is 6.83. The molecule has 1 aromatic rings. The number of halogens is 2. The summed E-state index contributed by atoms with van der Waals surface area (Å²) in [5.74, 6) is 4.48. The summed E-state index contributed by atoms with van der Waals surface area (Å²) in [5.41, 5.74) is 2.62. The standard InChI is InChI=1S/C14H22F2N4/c1-19-7-4-8-20(2)12(9-19)14(18-17)13-10(15)5-3-6-11(13)16/h3,5-6,12,14,18H,4,7-9,17H2,1-2H3. The van der Waals surface area contributed by atoms with E-state index >= 15 is 0 Å². The number of benzene rings is 1. The van der Waals surface area contributed by atoms with E-state index in [1.54, 1.807) is 0 Å². The molecular weight excluding hydrogens is 262 g/mol. The molecule has 0 saturated carbocycles. The maximum absolute atomic E-state index is 14.0. The van der Waals surface area contributed by atoms with E-state index in [1.165, 1.54) is 18.2 Å². The minimum atomic E-state index is -0.582. The maximum Gasteiger partial charge on any atom is 0.131 e. The smallest absolute Gasteiger partial charge is 0.131 e. The van der Waals surface area contributed by atoms with Gasteiger partial charge in [0.15, 0.2) is 0 Å². The Balaban J connectivity index is 2.35. The zero-order valence-electron chi connectivity index (χ0n) is 11.9. The van der Waals surface area contributed by atoms with Crippen LogP contribution < -0.4 is 11.3 Å². The van der Waals surface area contributed by atoms with Crippen molar-refractivity contribution in [3.63, 3.8) is 0 Å². The zero-order chi connectivity index (χ0) is 14.7. The molecule has 0 aliphatic carbocycles. The molecular formula is C14H22F2N4. The van der Waals surface area contributed by atoms with Gasteiger partial charge in [-0.05, 0) is 45.7 Å². The monoisotopic (exact) mass is 284 g/mol. The van der Waals surface area contributed by atoms with Gasteiger partial charge in [0.25, 0.3) is 0 Å². The van der Waals surface area contributed by atoms with Crippen LogP contribution in [0, 0.1) is 11.6 Å². The van der Waals surface area contributed by atoms with Gasteiger partial charge in [-0.15, -0.1) is 0 Å². The van der Waals surface area contributed by atoms with E-state index in [2.05, 4.69) is 15.2 Å². The zero-order valence-corrected chi connectivity index (χ0v) is 11.9. The topological polar surface area (TPSA) is 44.5 Å². The summed E-state index contributed by atoms with van der Waals surface area (Å²) in [5, 5.41) is 0. The molecule has 1 aliphatic heterocycles. The number of nitrogens with two attached hydrogens (primary N) is 1. The highest BCUT2D eigenvalue weighted by atomic mass is 19.1. The Morgan fingerprint density at radius 2 is 1.90 bits per heavy atom. The molecule has 1 saturated heterocycles. The van der Waals surface area contributed by atoms with Crippen LogP contribution in [0.2, 0.25) is 0 Å². The molecule has 0 bridgehead atoms. The Kier molecular flexibility index (Phi) is 5.04. The van der Waals surface area contributed by atoms with Crippen LogP contribution in [0.25, 0.3) is 0 Å². The molecule has 0 amide bonds. The highest BCUT2D eigenvalue weighted by Crippen LogP contribution is 2.26. The molecule has 2 rings (SSSR count). The molecule has 1 fully saturated rings. The average molecular weight is 284 g/mol. The Bertz CT molecular complexity index is 435. The summed E-state index contributed by atoms with van der Waals surface area (Å²) in [4.78, 5) is 4.27. The quantitative estimate of drug-likeness (QED) is 0.644. The van der Waals surface area contributed by atoms with Gasteiger partial charge >= 0.3 is 0 Å². The van der Waals surface area contributed by atoms with Crippen molar-refractivity contribution in [3.05, 3.63) is 35.4 Å². The van der Waals surface area contributed by atoms with E-state index in [1.807, 2.05) is 14.1 Å². The van der Waals surface area contributed by atoms with Crippen molar-refractivity contribution in [1.29, 1.82) is 0 Å². The van der Waals surface area contributed by atoms with E-state index in [0.29, 0.717) is 6.54 Å². The molecule has 3 N–H and O–H groups in total. The van der Waals surface area contributed by atoms with Crippen molar-refractivity contribution >= 4 is 0 Å². The number of hydrogen-bond donors (Lipinski definition) is 2. The Morgan fingerprint density at radius 1 is 1.25 bits per heavy atom. The minimum Gasteiger partial charge on any atom is -0.305 e. The molecule has 1 heterocycles. The van der Waals surface area contributed by atoms with E-state index in [-0.39, 0.29) is 11.6 Å². The lowest BCUT2D eigenvalue weighted by Gasteiger charge is -2.34. The first kappa shape index (κ1) is 15.3. The lowest BCUT2D eigenvalue weighted by Crippen LogP contribution is -2.49. The molecule has 112 valence electrons. The fourth-order valence-electron chi connectivity index (χ4n) is 2.86.